The van der Waals surface area contributed by atoms with Gasteiger partial charge in [0.15, 0.2) is 5.69 Å². The zero-order valence-corrected chi connectivity index (χ0v) is 18.9. The maximum atomic E-state index is 5.95. The fraction of sp³-hybridized carbons (Fsp3) is 0.174. The Balaban J connectivity index is 1.38. The van der Waals surface area contributed by atoms with Crippen LogP contribution in [-0.2, 0) is 6.54 Å². The van der Waals surface area contributed by atoms with Crippen molar-refractivity contribution < 1.29 is 13.7 Å². The largest absolute Gasteiger partial charge is 0.497 e. The molecule has 0 aliphatic rings. The summed E-state index contributed by atoms with van der Waals surface area (Å²) in [7, 11) is 1.63. The third kappa shape index (κ3) is 4.10. The van der Waals surface area contributed by atoms with E-state index in [0.29, 0.717) is 40.6 Å². The maximum Gasteiger partial charge on any atom is 0.280 e. The average molecular weight is 463 g/mol. The number of hydrogen-bond acceptors (Lipinski definition) is 8. The molecule has 0 atom stereocenters. The number of hydrogen-bond donors (Lipinski definition) is 0. The summed E-state index contributed by atoms with van der Waals surface area (Å²) in [6.45, 7) is 4.16. The molecular formula is C23H19ClN6O3. The van der Waals surface area contributed by atoms with E-state index in [1.54, 1.807) is 23.9 Å². The molecule has 2 aromatic carbocycles. The molecule has 0 amide bonds. The van der Waals surface area contributed by atoms with Crippen LogP contribution in [-0.4, -0.2) is 37.2 Å². The Kier molecular flexibility index (Phi) is 5.39. The Morgan fingerprint density at radius 3 is 2.39 bits per heavy atom. The van der Waals surface area contributed by atoms with Crippen molar-refractivity contribution in [2.45, 2.75) is 20.4 Å². The molecule has 33 heavy (non-hydrogen) atoms. The summed E-state index contributed by atoms with van der Waals surface area (Å²) in [6.07, 6.45) is 0. The van der Waals surface area contributed by atoms with E-state index < -0.39 is 0 Å². The summed E-state index contributed by atoms with van der Waals surface area (Å²) in [5.74, 6) is 2.76. The molecule has 0 radical (unpaired) electrons. The minimum absolute atomic E-state index is 0.291. The lowest BCUT2D eigenvalue weighted by Gasteiger charge is -2.00. The number of oxazole rings is 1. The number of ether oxygens (including phenoxy) is 1. The van der Waals surface area contributed by atoms with E-state index in [-0.39, 0.29) is 0 Å². The number of benzene rings is 2. The maximum absolute atomic E-state index is 5.95. The Morgan fingerprint density at radius 2 is 1.67 bits per heavy atom. The van der Waals surface area contributed by atoms with Crippen molar-refractivity contribution >= 4 is 11.6 Å². The van der Waals surface area contributed by atoms with Crippen molar-refractivity contribution in [2.24, 2.45) is 0 Å². The van der Waals surface area contributed by atoms with Crippen LogP contribution in [0.4, 0.5) is 0 Å². The first-order valence-electron chi connectivity index (χ1n) is 10.1. The molecular weight excluding hydrogens is 444 g/mol. The van der Waals surface area contributed by atoms with Gasteiger partial charge in [0.2, 0.25) is 11.7 Å². The molecule has 0 spiro atoms. The van der Waals surface area contributed by atoms with Gasteiger partial charge < -0.3 is 13.7 Å². The van der Waals surface area contributed by atoms with Gasteiger partial charge in [-0.1, -0.05) is 22.0 Å². The zero-order chi connectivity index (χ0) is 22.9. The van der Waals surface area contributed by atoms with Crippen LogP contribution < -0.4 is 4.74 Å². The molecule has 3 heterocycles. The van der Waals surface area contributed by atoms with Crippen molar-refractivity contribution in [3.8, 4) is 40.2 Å². The number of aryl methyl sites for hydroxylation is 1. The van der Waals surface area contributed by atoms with Gasteiger partial charge in [-0.2, -0.15) is 4.98 Å². The topological polar surface area (TPSA) is 105 Å². The smallest absolute Gasteiger partial charge is 0.280 e. The van der Waals surface area contributed by atoms with Gasteiger partial charge in [-0.05, 0) is 62.4 Å². The van der Waals surface area contributed by atoms with Gasteiger partial charge in [-0.3, -0.25) is 0 Å². The standard InChI is InChI=1S/C23H19ClN6O3/c1-13-20(23-26-21(28-33-23)15-4-8-17(24)9-5-15)27-29-30(13)12-19-14(2)32-22(25-19)16-6-10-18(31-3)11-7-16/h4-11H,12H2,1-3H3. The molecule has 0 aliphatic carbocycles. The number of nitrogens with zero attached hydrogens (tertiary/aromatic N) is 6. The fourth-order valence-corrected chi connectivity index (χ4v) is 3.44. The number of aromatic nitrogens is 6. The summed E-state index contributed by atoms with van der Waals surface area (Å²) in [6, 6.07) is 14.7. The summed E-state index contributed by atoms with van der Waals surface area (Å²) in [5.41, 5.74) is 3.70. The quantitative estimate of drug-likeness (QED) is 0.348. The third-order valence-electron chi connectivity index (χ3n) is 5.24. The van der Waals surface area contributed by atoms with E-state index in [1.165, 1.54) is 0 Å². The van der Waals surface area contributed by atoms with Gasteiger partial charge in [0.1, 0.15) is 17.2 Å². The van der Waals surface area contributed by atoms with E-state index in [2.05, 4.69) is 25.4 Å². The fourth-order valence-electron chi connectivity index (χ4n) is 3.32. The Hall–Kier alpha value is -3.98. The van der Waals surface area contributed by atoms with Crippen molar-refractivity contribution in [2.75, 3.05) is 7.11 Å². The van der Waals surface area contributed by atoms with Crippen LogP contribution in [0.25, 0.3) is 34.4 Å². The van der Waals surface area contributed by atoms with Gasteiger partial charge in [-0.15, -0.1) is 5.10 Å². The molecule has 0 unspecified atom stereocenters. The third-order valence-corrected chi connectivity index (χ3v) is 5.49. The second kappa shape index (κ2) is 8.51. The molecule has 0 bridgehead atoms. The zero-order valence-electron chi connectivity index (χ0n) is 18.1. The van der Waals surface area contributed by atoms with Crippen LogP contribution >= 0.6 is 11.6 Å². The van der Waals surface area contributed by atoms with Crippen LogP contribution in [0.15, 0.2) is 57.5 Å². The summed E-state index contributed by atoms with van der Waals surface area (Å²) >= 11 is 5.95. The van der Waals surface area contributed by atoms with Gasteiger partial charge in [0.25, 0.3) is 5.89 Å². The summed E-state index contributed by atoms with van der Waals surface area (Å²) in [5, 5.41) is 13.2. The highest BCUT2D eigenvalue weighted by Crippen LogP contribution is 2.26. The molecule has 10 heteroatoms. The minimum Gasteiger partial charge on any atom is -0.497 e. The minimum atomic E-state index is 0.291. The Labute approximate surface area is 194 Å². The van der Waals surface area contributed by atoms with Crippen molar-refractivity contribution in [1.82, 2.24) is 30.1 Å². The van der Waals surface area contributed by atoms with Crippen molar-refractivity contribution in [3.63, 3.8) is 0 Å². The molecule has 166 valence electrons. The predicted molar refractivity (Wildman–Crippen MR) is 121 cm³/mol. The molecule has 0 N–H and O–H groups in total. The second-order valence-corrected chi connectivity index (χ2v) is 7.80. The van der Waals surface area contributed by atoms with Gasteiger partial charge in [0, 0.05) is 16.1 Å². The first kappa shape index (κ1) is 20.9. The molecule has 5 aromatic rings. The van der Waals surface area contributed by atoms with E-state index in [1.807, 2.05) is 50.2 Å². The van der Waals surface area contributed by atoms with Crippen LogP contribution in [0.3, 0.4) is 0 Å². The van der Waals surface area contributed by atoms with Crippen molar-refractivity contribution in [3.05, 3.63) is 70.7 Å². The molecule has 0 saturated carbocycles. The number of methoxy groups -OCH3 is 1. The molecule has 5 rings (SSSR count). The van der Waals surface area contributed by atoms with E-state index >= 15 is 0 Å². The molecule has 0 fully saturated rings. The first-order valence-corrected chi connectivity index (χ1v) is 10.5. The summed E-state index contributed by atoms with van der Waals surface area (Å²) < 4.78 is 18.2. The van der Waals surface area contributed by atoms with Gasteiger partial charge in [0.05, 0.1) is 19.3 Å². The van der Waals surface area contributed by atoms with Crippen molar-refractivity contribution in [1.29, 1.82) is 0 Å². The number of rotatable bonds is 6. The SMILES string of the molecule is COc1ccc(-c2nc(Cn3nnc(-c4nc(-c5ccc(Cl)cc5)no4)c3C)c(C)o2)cc1. The Morgan fingerprint density at radius 1 is 0.939 bits per heavy atom. The molecule has 0 saturated heterocycles. The number of halogens is 1. The molecule has 3 aromatic heterocycles. The van der Waals surface area contributed by atoms with Crippen LogP contribution in [0, 0.1) is 13.8 Å². The lowest BCUT2D eigenvalue weighted by molar-refractivity contribution is 0.415. The van der Waals surface area contributed by atoms with E-state index in [4.69, 9.17) is 25.3 Å². The average Bonchev–Trinajstić information content (AvgIpc) is 3.54. The highest BCUT2D eigenvalue weighted by molar-refractivity contribution is 6.30. The van der Waals surface area contributed by atoms with Crippen LogP contribution in [0.5, 0.6) is 5.75 Å². The van der Waals surface area contributed by atoms with Crippen LogP contribution in [0.1, 0.15) is 17.1 Å². The van der Waals surface area contributed by atoms with E-state index in [9.17, 15) is 0 Å². The molecule has 9 nitrogen and oxygen atoms in total. The molecule has 0 aliphatic heterocycles. The van der Waals surface area contributed by atoms with Gasteiger partial charge >= 0.3 is 0 Å². The Bertz CT molecular complexity index is 1400. The monoisotopic (exact) mass is 462 g/mol. The lowest BCUT2D eigenvalue weighted by atomic mass is 10.2. The first-order chi connectivity index (χ1) is 16.0. The lowest BCUT2D eigenvalue weighted by Crippen LogP contribution is -2.05. The van der Waals surface area contributed by atoms with Crippen LogP contribution in [0.2, 0.25) is 5.02 Å². The normalized spacial score (nSPS) is 11.2. The highest BCUT2D eigenvalue weighted by Gasteiger charge is 2.20. The predicted octanol–water partition coefficient (Wildman–Crippen LogP) is 4.98. The van der Waals surface area contributed by atoms with Gasteiger partial charge in [-0.25, -0.2) is 9.67 Å². The second-order valence-electron chi connectivity index (χ2n) is 7.36. The van der Waals surface area contributed by atoms with E-state index in [0.717, 1.165) is 28.3 Å². The highest BCUT2D eigenvalue weighted by atomic mass is 35.5. The summed E-state index contributed by atoms with van der Waals surface area (Å²) in [4.78, 5) is 9.10.